The monoisotopic (exact) mass is 346 g/mol. The van der Waals surface area contributed by atoms with Gasteiger partial charge in [0, 0.05) is 0 Å². The van der Waals surface area contributed by atoms with Gasteiger partial charge in [0.05, 0.1) is 11.7 Å². The molecule has 136 valence electrons. The Labute approximate surface area is 142 Å². The van der Waals surface area contributed by atoms with E-state index < -0.39 is 19.1 Å². The third-order valence-corrected chi connectivity index (χ3v) is 3.68. The van der Waals surface area contributed by atoms with E-state index in [2.05, 4.69) is 18.6 Å². The lowest BCUT2D eigenvalue weighted by molar-refractivity contribution is -0.274. The Bertz CT molecular complexity index is 532. The minimum atomic E-state index is -4.69. The number of hydrogen-bond donors (Lipinski definition) is 0. The SMILES string of the molecule is CCC.CCc1cc(B2OC(C)C(C)(C)O2)ccc1OC(F)(F)F. The summed E-state index contributed by atoms with van der Waals surface area (Å²) >= 11 is 0. The highest BCUT2D eigenvalue weighted by Gasteiger charge is 2.44. The first kappa shape index (κ1) is 20.8. The van der Waals surface area contributed by atoms with Crippen LogP contribution >= 0.6 is 0 Å². The summed E-state index contributed by atoms with van der Waals surface area (Å²) in [5.74, 6) is -0.181. The molecule has 3 nitrogen and oxygen atoms in total. The number of halogens is 3. The topological polar surface area (TPSA) is 27.7 Å². The number of hydrogen-bond acceptors (Lipinski definition) is 3. The molecule has 0 N–H and O–H groups in total. The molecule has 0 spiro atoms. The Hall–Kier alpha value is -1.21. The number of ether oxygens (including phenoxy) is 1. The largest absolute Gasteiger partial charge is 0.573 e. The predicted octanol–water partition coefficient (Wildman–Crippen LogP) is 4.47. The van der Waals surface area contributed by atoms with Gasteiger partial charge in [-0.2, -0.15) is 0 Å². The van der Waals surface area contributed by atoms with Crippen LogP contribution in [0.3, 0.4) is 0 Å². The van der Waals surface area contributed by atoms with Gasteiger partial charge in [0.25, 0.3) is 0 Å². The molecule has 0 aromatic heterocycles. The van der Waals surface area contributed by atoms with Crippen molar-refractivity contribution in [3.63, 3.8) is 0 Å². The zero-order chi connectivity index (χ0) is 18.5. The van der Waals surface area contributed by atoms with Crippen LogP contribution in [0.1, 0.15) is 53.5 Å². The zero-order valence-corrected chi connectivity index (χ0v) is 15.2. The first-order valence-corrected chi connectivity index (χ1v) is 8.25. The smallest absolute Gasteiger partial charge is 0.406 e. The van der Waals surface area contributed by atoms with Gasteiger partial charge < -0.3 is 14.0 Å². The number of alkyl halides is 3. The summed E-state index contributed by atoms with van der Waals surface area (Å²) in [5, 5.41) is 0. The van der Waals surface area contributed by atoms with Crippen molar-refractivity contribution >= 4 is 12.6 Å². The Morgan fingerprint density at radius 3 is 2.21 bits per heavy atom. The molecule has 24 heavy (non-hydrogen) atoms. The summed E-state index contributed by atoms with van der Waals surface area (Å²) in [6, 6.07) is 4.49. The molecule has 1 fully saturated rings. The maximum Gasteiger partial charge on any atom is 0.573 e. The summed E-state index contributed by atoms with van der Waals surface area (Å²) in [5.41, 5.74) is 0.728. The van der Waals surface area contributed by atoms with Gasteiger partial charge in [-0.25, -0.2) is 0 Å². The third kappa shape index (κ3) is 5.70. The van der Waals surface area contributed by atoms with Crippen LogP contribution in [0, 0.1) is 0 Å². The van der Waals surface area contributed by atoms with Gasteiger partial charge in [0.2, 0.25) is 0 Å². The molecule has 2 rings (SSSR count). The molecule has 1 aliphatic heterocycles. The predicted molar refractivity (Wildman–Crippen MR) is 89.6 cm³/mol. The summed E-state index contributed by atoms with van der Waals surface area (Å²) in [6.07, 6.45) is -3.12. The van der Waals surface area contributed by atoms with Crippen LogP contribution < -0.4 is 10.2 Å². The Morgan fingerprint density at radius 1 is 1.21 bits per heavy atom. The summed E-state index contributed by atoms with van der Waals surface area (Å²) in [4.78, 5) is 0. The third-order valence-electron chi connectivity index (χ3n) is 3.68. The average molecular weight is 346 g/mol. The second-order valence-electron chi connectivity index (χ2n) is 6.31. The van der Waals surface area contributed by atoms with Gasteiger partial charge >= 0.3 is 13.5 Å². The molecule has 1 saturated heterocycles. The molecule has 0 bridgehead atoms. The molecule has 0 aliphatic carbocycles. The first-order chi connectivity index (χ1) is 11.0. The fourth-order valence-electron chi connectivity index (χ4n) is 2.14. The van der Waals surface area contributed by atoms with E-state index in [1.54, 1.807) is 19.1 Å². The van der Waals surface area contributed by atoms with Crippen LogP contribution in [0.15, 0.2) is 18.2 Å². The van der Waals surface area contributed by atoms with Crippen LogP contribution in [-0.4, -0.2) is 25.2 Å². The van der Waals surface area contributed by atoms with E-state index in [0.717, 1.165) is 0 Å². The number of benzene rings is 1. The summed E-state index contributed by atoms with van der Waals surface area (Å²) < 4.78 is 52.6. The summed E-state index contributed by atoms with van der Waals surface area (Å²) in [7, 11) is -0.569. The molecule has 0 amide bonds. The molecule has 1 heterocycles. The Kier molecular flexibility index (Phi) is 7.17. The lowest BCUT2D eigenvalue weighted by Gasteiger charge is -2.21. The van der Waals surface area contributed by atoms with Crippen molar-refractivity contribution in [2.24, 2.45) is 0 Å². The lowest BCUT2D eigenvalue weighted by atomic mass is 9.78. The van der Waals surface area contributed by atoms with E-state index in [0.29, 0.717) is 17.4 Å². The standard InChI is InChI=1S/C14H18BF3O3.C3H8/c1-5-10-8-11(6-7-12(10)19-14(16,17)18)15-20-9(2)13(3,4)21-15;1-3-2/h6-9H,5H2,1-4H3;3H2,1-2H3. The fraction of sp³-hybridized carbons (Fsp3) is 0.647. The van der Waals surface area contributed by atoms with Crippen molar-refractivity contribution in [1.82, 2.24) is 0 Å². The van der Waals surface area contributed by atoms with Crippen molar-refractivity contribution in [2.45, 2.75) is 72.5 Å². The summed E-state index contributed by atoms with van der Waals surface area (Å²) in [6.45, 7) is 11.8. The molecule has 1 aromatic carbocycles. The Balaban J connectivity index is 0.000000891. The lowest BCUT2D eigenvalue weighted by Crippen LogP contribution is -2.35. The highest BCUT2D eigenvalue weighted by atomic mass is 19.4. The maximum atomic E-state index is 12.3. The van der Waals surface area contributed by atoms with Crippen LogP contribution in [0.4, 0.5) is 13.2 Å². The number of rotatable bonds is 3. The van der Waals surface area contributed by atoms with Crippen molar-refractivity contribution in [2.75, 3.05) is 0 Å². The van der Waals surface area contributed by atoms with Gasteiger partial charge in [-0.05, 0) is 44.3 Å². The van der Waals surface area contributed by atoms with Gasteiger partial charge in [-0.3, -0.25) is 0 Å². The maximum absolute atomic E-state index is 12.3. The molecule has 1 aliphatic rings. The molecule has 1 atom stereocenters. The molecule has 0 saturated carbocycles. The number of aryl methyl sites for hydroxylation is 1. The van der Waals surface area contributed by atoms with Crippen molar-refractivity contribution < 1.29 is 27.2 Å². The minimum absolute atomic E-state index is 0.0984. The van der Waals surface area contributed by atoms with E-state index >= 15 is 0 Å². The Morgan fingerprint density at radius 2 is 1.79 bits per heavy atom. The first-order valence-electron chi connectivity index (χ1n) is 8.25. The molecular weight excluding hydrogens is 320 g/mol. The van der Waals surface area contributed by atoms with E-state index in [4.69, 9.17) is 9.31 Å². The van der Waals surface area contributed by atoms with Gasteiger partial charge in [-0.1, -0.05) is 39.3 Å². The molecule has 1 unspecified atom stereocenters. The molecule has 1 aromatic rings. The van der Waals surface area contributed by atoms with Crippen molar-refractivity contribution in [1.29, 1.82) is 0 Å². The quantitative estimate of drug-likeness (QED) is 0.756. The van der Waals surface area contributed by atoms with E-state index in [1.807, 2.05) is 20.8 Å². The highest BCUT2D eigenvalue weighted by Crippen LogP contribution is 2.29. The van der Waals surface area contributed by atoms with E-state index in [1.165, 1.54) is 12.5 Å². The van der Waals surface area contributed by atoms with Crippen LogP contribution in [0.5, 0.6) is 5.75 Å². The molecule has 7 heteroatoms. The van der Waals surface area contributed by atoms with Gasteiger partial charge in [-0.15, -0.1) is 13.2 Å². The second kappa shape index (κ2) is 8.25. The van der Waals surface area contributed by atoms with Gasteiger partial charge in [0.15, 0.2) is 0 Å². The molecule has 0 radical (unpaired) electrons. The van der Waals surface area contributed by atoms with E-state index in [-0.39, 0.29) is 11.9 Å². The van der Waals surface area contributed by atoms with E-state index in [9.17, 15) is 13.2 Å². The normalized spacial score (nSPS) is 19.7. The highest BCUT2D eigenvalue weighted by molar-refractivity contribution is 6.62. The van der Waals surface area contributed by atoms with Crippen LogP contribution in [-0.2, 0) is 15.7 Å². The van der Waals surface area contributed by atoms with Crippen LogP contribution in [0.2, 0.25) is 0 Å². The van der Waals surface area contributed by atoms with Crippen molar-refractivity contribution in [3.8, 4) is 5.75 Å². The average Bonchev–Trinajstić information content (AvgIpc) is 2.72. The second-order valence-corrected chi connectivity index (χ2v) is 6.31. The fourth-order valence-corrected chi connectivity index (χ4v) is 2.14. The molecular formula is C17H26BF3O3. The zero-order valence-electron chi connectivity index (χ0n) is 15.2. The van der Waals surface area contributed by atoms with Gasteiger partial charge in [0.1, 0.15) is 5.75 Å². The van der Waals surface area contributed by atoms with Crippen LogP contribution in [0.25, 0.3) is 0 Å². The van der Waals surface area contributed by atoms with Crippen molar-refractivity contribution in [3.05, 3.63) is 23.8 Å². The minimum Gasteiger partial charge on any atom is -0.406 e.